The highest BCUT2D eigenvalue weighted by Gasteiger charge is 2.11. The first-order valence-corrected chi connectivity index (χ1v) is 7.91. The molecule has 2 rings (SSSR count). The van der Waals surface area contributed by atoms with Gasteiger partial charge in [0.25, 0.3) is 0 Å². The Morgan fingerprint density at radius 2 is 1.58 bits per heavy atom. The maximum atomic E-state index is 11.9. The predicted molar refractivity (Wildman–Crippen MR) is 95.7 cm³/mol. The first kappa shape index (κ1) is 17.8. The SMILES string of the molecule is CCc1ccc(NC(=O)CC(=O)Nc2ccc(OC)c(Cl)c2)cc1. The van der Waals surface area contributed by atoms with Gasteiger partial charge in [0.1, 0.15) is 12.2 Å². The van der Waals surface area contributed by atoms with Gasteiger partial charge in [0.15, 0.2) is 0 Å². The molecule has 2 N–H and O–H groups in total. The van der Waals surface area contributed by atoms with Gasteiger partial charge in [-0.3, -0.25) is 9.59 Å². The minimum atomic E-state index is -0.418. The van der Waals surface area contributed by atoms with Crippen LogP contribution in [0.25, 0.3) is 0 Å². The second-order valence-corrected chi connectivity index (χ2v) is 5.58. The van der Waals surface area contributed by atoms with Gasteiger partial charge in [0.2, 0.25) is 11.8 Å². The summed E-state index contributed by atoms with van der Waals surface area (Å²) in [4.78, 5) is 23.8. The minimum Gasteiger partial charge on any atom is -0.495 e. The van der Waals surface area contributed by atoms with Crippen LogP contribution in [-0.4, -0.2) is 18.9 Å². The normalized spacial score (nSPS) is 10.1. The molecule has 5 nitrogen and oxygen atoms in total. The van der Waals surface area contributed by atoms with E-state index in [9.17, 15) is 9.59 Å². The number of hydrogen-bond donors (Lipinski definition) is 2. The van der Waals surface area contributed by atoms with Crippen LogP contribution >= 0.6 is 11.6 Å². The average molecular weight is 347 g/mol. The maximum absolute atomic E-state index is 11.9. The van der Waals surface area contributed by atoms with Gasteiger partial charge in [0, 0.05) is 11.4 Å². The van der Waals surface area contributed by atoms with Crippen LogP contribution in [0.3, 0.4) is 0 Å². The topological polar surface area (TPSA) is 67.4 Å². The number of rotatable bonds is 6. The summed E-state index contributed by atoms with van der Waals surface area (Å²) in [6, 6.07) is 12.4. The molecule has 0 atom stereocenters. The van der Waals surface area contributed by atoms with Crippen molar-refractivity contribution in [3.05, 3.63) is 53.1 Å². The van der Waals surface area contributed by atoms with Gasteiger partial charge in [-0.15, -0.1) is 0 Å². The van der Waals surface area contributed by atoms with Gasteiger partial charge >= 0.3 is 0 Å². The summed E-state index contributed by atoms with van der Waals surface area (Å²) in [5.41, 5.74) is 2.35. The van der Waals surface area contributed by atoms with Crippen molar-refractivity contribution in [1.29, 1.82) is 0 Å². The van der Waals surface area contributed by atoms with E-state index in [0.717, 1.165) is 6.42 Å². The largest absolute Gasteiger partial charge is 0.495 e. The van der Waals surface area contributed by atoms with Crippen LogP contribution in [-0.2, 0) is 16.0 Å². The van der Waals surface area contributed by atoms with Crippen LogP contribution in [0.5, 0.6) is 5.75 Å². The fraction of sp³-hybridized carbons (Fsp3) is 0.222. The van der Waals surface area contributed by atoms with Crippen molar-refractivity contribution in [3.8, 4) is 5.75 Å². The smallest absolute Gasteiger partial charge is 0.233 e. The number of carbonyl (C=O) groups excluding carboxylic acids is 2. The standard InChI is InChI=1S/C18H19ClN2O3/c1-3-12-4-6-13(7-5-12)20-17(22)11-18(23)21-14-8-9-16(24-2)15(19)10-14/h4-10H,3,11H2,1-2H3,(H,20,22)(H,21,23). The number of nitrogens with one attached hydrogen (secondary N) is 2. The Balaban J connectivity index is 1.89. The molecule has 2 aromatic rings. The van der Waals surface area contributed by atoms with E-state index in [2.05, 4.69) is 17.6 Å². The molecule has 126 valence electrons. The first-order valence-electron chi connectivity index (χ1n) is 7.54. The highest BCUT2D eigenvalue weighted by molar-refractivity contribution is 6.32. The molecule has 0 aliphatic heterocycles. The summed E-state index contributed by atoms with van der Waals surface area (Å²) >= 11 is 6.00. The second kappa shape index (κ2) is 8.36. The molecule has 0 saturated carbocycles. The lowest BCUT2D eigenvalue weighted by Gasteiger charge is -2.09. The zero-order valence-corrected chi connectivity index (χ0v) is 14.3. The van der Waals surface area contributed by atoms with Gasteiger partial charge in [-0.2, -0.15) is 0 Å². The van der Waals surface area contributed by atoms with E-state index in [-0.39, 0.29) is 12.3 Å². The number of carbonyl (C=O) groups is 2. The molecule has 2 amide bonds. The van der Waals surface area contributed by atoms with E-state index < -0.39 is 5.91 Å². The second-order valence-electron chi connectivity index (χ2n) is 5.17. The van der Waals surface area contributed by atoms with Gasteiger partial charge < -0.3 is 15.4 Å². The number of halogens is 1. The number of benzene rings is 2. The summed E-state index contributed by atoms with van der Waals surface area (Å²) in [5, 5.41) is 5.71. The van der Waals surface area contributed by atoms with Crippen molar-refractivity contribution in [2.75, 3.05) is 17.7 Å². The molecule has 0 heterocycles. The van der Waals surface area contributed by atoms with E-state index in [0.29, 0.717) is 22.1 Å². The lowest BCUT2D eigenvalue weighted by molar-refractivity contribution is -0.123. The maximum Gasteiger partial charge on any atom is 0.233 e. The summed E-state index contributed by atoms with van der Waals surface area (Å²) in [6.07, 6.45) is 0.653. The van der Waals surface area contributed by atoms with E-state index in [1.54, 1.807) is 18.2 Å². The van der Waals surface area contributed by atoms with Crippen molar-refractivity contribution < 1.29 is 14.3 Å². The molecule has 0 radical (unpaired) electrons. The fourth-order valence-electron chi connectivity index (χ4n) is 2.12. The van der Waals surface area contributed by atoms with Gasteiger partial charge in [-0.25, -0.2) is 0 Å². The molecule has 0 fully saturated rings. The quantitative estimate of drug-likeness (QED) is 0.780. The number of hydrogen-bond acceptors (Lipinski definition) is 3. The highest BCUT2D eigenvalue weighted by Crippen LogP contribution is 2.27. The number of anilines is 2. The fourth-order valence-corrected chi connectivity index (χ4v) is 2.38. The molecule has 0 saturated heterocycles. The Hall–Kier alpha value is -2.53. The van der Waals surface area contributed by atoms with Gasteiger partial charge in [-0.05, 0) is 42.3 Å². The third kappa shape index (κ3) is 4.99. The van der Waals surface area contributed by atoms with E-state index >= 15 is 0 Å². The molecule has 2 aromatic carbocycles. The summed E-state index contributed by atoms with van der Waals surface area (Å²) < 4.78 is 5.04. The molecule has 0 aliphatic rings. The first-order chi connectivity index (χ1) is 11.5. The van der Waals surface area contributed by atoms with E-state index in [4.69, 9.17) is 16.3 Å². The Morgan fingerprint density at radius 3 is 2.12 bits per heavy atom. The lowest BCUT2D eigenvalue weighted by Crippen LogP contribution is -2.21. The molecule has 0 aliphatic carbocycles. The lowest BCUT2D eigenvalue weighted by atomic mass is 10.1. The number of ether oxygens (including phenoxy) is 1. The highest BCUT2D eigenvalue weighted by atomic mass is 35.5. The van der Waals surface area contributed by atoms with Crippen molar-refractivity contribution in [3.63, 3.8) is 0 Å². The molecule has 0 aromatic heterocycles. The van der Waals surface area contributed by atoms with Crippen LogP contribution in [0.2, 0.25) is 5.02 Å². The van der Waals surface area contributed by atoms with Crippen molar-refractivity contribution in [2.24, 2.45) is 0 Å². The molecule has 6 heteroatoms. The van der Waals surface area contributed by atoms with Gasteiger partial charge in [0.05, 0.1) is 12.1 Å². The molecule has 24 heavy (non-hydrogen) atoms. The monoisotopic (exact) mass is 346 g/mol. The molecular weight excluding hydrogens is 328 g/mol. The summed E-state index contributed by atoms with van der Waals surface area (Å²) in [7, 11) is 1.51. The third-order valence-corrected chi connectivity index (χ3v) is 3.70. The Kier molecular flexibility index (Phi) is 6.21. The third-order valence-electron chi connectivity index (χ3n) is 3.40. The van der Waals surface area contributed by atoms with Crippen LogP contribution in [0.1, 0.15) is 18.9 Å². The van der Waals surface area contributed by atoms with Crippen molar-refractivity contribution >= 4 is 34.8 Å². The van der Waals surface area contributed by atoms with Crippen molar-refractivity contribution in [1.82, 2.24) is 0 Å². The van der Waals surface area contributed by atoms with Crippen LogP contribution in [0.15, 0.2) is 42.5 Å². The Labute approximate surface area is 146 Å². The minimum absolute atomic E-state index is 0.279. The molecule has 0 unspecified atom stereocenters. The molecular formula is C18H19ClN2O3. The average Bonchev–Trinajstić information content (AvgIpc) is 2.55. The van der Waals surface area contributed by atoms with Crippen LogP contribution in [0, 0.1) is 0 Å². The zero-order chi connectivity index (χ0) is 17.5. The Bertz CT molecular complexity index is 730. The van der Waals surface area contributed by atoms with Gasteiger partial charge in [-0.1, -0.05) is 30.7 Å². The molecule has 0 bridgehead atoms. The van der Waals surface area contributed by atoms with Crippen molar-refractivity contribution in [2.45, 2.75) is 19.8 Å². The number of amides is 2. The summed E-state index contributed by atoms with van der Waals surface area (Å²) in [5.74, 6) is -0.279. The Morgan fingerprint density at radius 1 is 1.00 bits per heavy atom. The van der Waals surface area contributed by atoms with E-state index in [1.807, 2.05) is 24.3 Å². The van der Waals surface area contributed by atoms with E-state index in [1.165, 1.54) is 12.7 Å². The number of aryl methyl sites for hydroxylation is 1. The summed E-state index contributed by atoms with van der Waals surface area (Å²) in [6.45, 7) is 2.06. The van der Waals surface area contributed by atoms with Crippen LogP contribution < -0.4 is 15.4 Å². The molecule has 0 spiro atoms. The zero-order valence-electron chi connectivity index (χ0n) is 13.6. The van der Waals surface area contributed by atoms with Crippen LogP contribution in [0.4, 0.5) is 11.4 Å². The predicted octanol–water partition coefficient (Wildman–Crippen LogP) is 3.88. The number of methoxy groups -OCH3 is 1.